The molecule has 2 nitrogen and oxygen atoms in total. The molecule has 2 aromatic rings. The Morgan fingerprint density at radius 2 is 1.95 bits per heavy atom. The van der Waals surface area contributed by atoms with Crippen LogP contribution in [0.4, 0.5) is 0 Å². The first-order valence-electron chi connectivity index (χ1n) is 7.04. The van der Waals surface area contributed by atoms with E-state index in [0.29, 0.717) is 17.7 Å². The third kappa shape index (κ3) is 3.14. The van der Waals surface area contributed by atoms with E-state index in [0.717, 1.165) is 17.9 Å². The highest BCUT2D eigenvalue weighted by Gasteiger charge is 2.15. The molecular weight excluding hydrogens is 270 g/mol. The van der Waals surface area contributed by atoms with Gasteiger partial charge >= 0.3 is 0 Å². The summed E-state index contributed by atoms with van der Waals surface area (Å²) in [4.78, 5) is 0. The first-order chi connectivity index (χ1) is 9.83. The van der Waals surface area contributed by atoms with Crippen LogP contribution in [0.2, 0.25) is 5.02 Å². The van der Waals surface area contributed by atoms with Gasteiger partial charge in [0.05, 0.1) is 5.02 Å². The van der Waals surface area contributed by atoms with Crippen LogP contribution in [0.5, 0.6) is 5.75 Å². The zero-order chi connectivity index (χ0) is 13.8. The van der Waals surface area contributed by atoms with Gasteiger partial charge in [-0.3, -0.25) is 0 Å². The molecule has 0 radical (unpaired) electrons. The lowest BCUT2D eigenvalue weighted by Gasteiger charge is -2.14. The number of nitrogens with one attached hydrogen (secondary N) is 1. The van der Waals surface area contributed by atoms with Gasteiger partial charge in [-0.1, -0.05) is 48.0 Å². The molecule has 3 rings (SSSR count). The van der Waals surface area contributed by atoms with Crippen LogP contribution in [0.25, 0.3) is 11.1 Å². The molecule has 1 N–H and O–H groups in total. The first kappa shape index (κ1) is 13.5. The molecule has 0 aliphatic carbocycles. The molecule has 0 saturated carbocycles. The average Bonchev–Trinajstić information content (AvgIpc) is 3.00. The molecular formula is C17H18ClNO. The summed E-state index contributed by atoms with van der Waals surface area (Å²) in [5.74, 6) is 0.764. The van der Waals surface area contributed by atoms with Gasteiger partial charge in [-0.05, 0) is 42.6 Å². The van der Waals surface area contributed by atoms with E-state index in [-0.39, 0.29) is 0 Å². The molecule has 3 heteroatoms. The quantitative estimate of drug-likeness (QED) is 0.912. The SMILES string of the molecule is Clc1cc(-c2ccccc2)ccc1OC[C@H]1CCCN1. The maximum atomic E-state index is 6.32. The minimum Gasteiger partial charge on any atom is -0.490 e. The van der Waals surface area contributed by atoms with Gasteiger partial charge in [-0.2, -0.15) is 0 Å². The largest absolute Gasteiger partial charge is 0.490 e. The zero-order valence-corrected chi connectivity index (χ0v) is 12.1. The summed E-state index contributed by atoms with van der Waals surface area (Å²) in [6, 6.07) is 16.7. The maximum absolute atomic E-state index is 6.32. The van der Waals surface area contributed by atoms with Gasteiger partial charge in [0.25, 0.3) is 0 Å². The van der Waals surface area contributed by atoms with Crippen molar-refractivity contribution in [3.63, 3.8) is 0 Å². The van der Waals surface area contributed by atoms with Crippen molar-refractivity contribution in [2.75, 3.05) is 13.2 Å². The van der Waals surface area contributed by atoms with Crippen LogP contribution in [0.15, 0.2) is 48.5 Å². The first-order valence-corrected chi connectivity index (χ1v) is 7.42. The number of halogens is 1. The summed E-state index contributed by atoms with van der Waals surface area (Å²) in [5, 5.41) is 4.09. The van der Waals surface area contributed by atoms with Crippen molar-refractivity contribution in [3.8, 4) is 16.9 Å². The van der Waals surface area contributed by atoms with E-state index in [9.17, 15) is 0 Å². The third-order valence-electron chi connectivity index (χ3n) is 3.64. The molecule has 2 aromatic carbocycles. The van der Waals surface area contributed by atoms with E-state index in [1.807, 2.05) is 30.3 Å². The fraction of sp³-hybridized carbons (Fsp3) is 0.294. The molecule has 0 bridgehead atoms. The number of ether oxygens (including phenoxy) is 1. The lowest BCUT2D eigenvalue weighted by atomic mass is 10.1. The molecule has 1 fully saturated rings. The standard InChI is InChI=1S/C17H18ClNO/c18-16-11-14(13-5-2-1-3-6-13)8-9-17(16)20-12-15-7-4-10-19-15/h1-3,5-6,8-9,11,15,19H,4,7,10,12H2/t15-/m1/s1. The lowest BCUT2D eigenvalue weighted by molar-refractivity contribution is 0.277. The summed E-state index contributed by atoms with van der Waals surface area (Å²) >= 11 is 6.32. The van der Waals surface area contributed by atoms with Gasteiger partial charge in [0.15, 0.2) is 0 Å². The minimum absolute atomic E-state index is 0.458. The van der Waals surface area contributed by atoms with E-state index in [1.54, 1.807) is 0 Å². The molecule has 1 aliphatic rings. The fourth-order valence-corrected chi connectivity index (χ4v) is 2.75. The Kier molecular flexibility index (Phi) is 4.24. The van der Waals surface area contributed by atoms with Gasteiger partial charge in [-0.15, -0.1) is 0 Å². The number of rotatable bonds is 4. The summed E-state index contributed by atoms with van der Waals surface area (Å²) in [6.45, 7) is 1.78. The van der Waals surface area contributed by atoms with Crippen molar-refractivity contribution in [1.82, 2.24) is 5.32 Å². The molecule has 1 heterocycles. The molecule has 0 aromatic heterocycles. The van der Waals surface area contributed by atoms with Crippen molar-refractivity contribution in [3.05, 3.63) is 53.6 Å². The van der Waals surface area contributed by atoms with E-state index < -0.39 is 0 Å². The van der Waals surface area contributed by atoms with Crippen LogP contribution in [-0.2, 0) is 0 Å². The zero-order valence-electron chi connectivity index (χ0n) is 11.3. The Morgan fingerprint density at radius 1 is 1.10 bits per heavy atom. The Balaban J connectivity index is 1.71. The van der Waals surface area contributed by atoms with Crippen LogP contribution in [-0.4, -0.2) is 19.2 Å². The Labute approximate surface area is 124 Å². The number of benzene rings is 2. The Bertz CT molecular complexity index is 564. The summed E-state index contributed by atoms with van der Waals surface area (Å²) in [7, 11) is 0. The molecule has 0 spiro atoms. The summed E-state index contributed by atoms with van der Waals surface area (Å²) in [6.07, 6.45) is 2.41. The van der Waals surface area contributed by atoms with Crippen molar-refractivity contribution >= 4 is 11.6 Å². The van der Waals surface area contributed by atoms with Crippen LogP contribution < -0.4 is 10.1 Å². The average molecular weight is 288 g/mol. The number of hydrogen-bond donors (Lipinski definition) is 1. The van der Waals surface area contributed by atoms with Crippen LogP contribution in [0, 0.1) is 0 Å². The van der Waals surface area contributed by atoms with E-state index in [4.69, 9.17) is 16.3 Å². The summed E-state index contributed by atoms with van der Waals surface area (Å²) < 4.78 is 5.82. The maximum Gasteiger partial charge on any atom is 0.138 e. The fourth-order valence-electron chi connectivity index (χ4n) is 2.52. The van der Waals surface area contributed by atoms with Crippen molar-refractivity contribution in [2.24, 2.45) is 0 Å². The van der Waals surface area contributed by atoms with Gasteiger partial charge in [0.2, 0.25) is 0 Å². The van der Waals surface area contributed by atoms with E-state index in [2.05, 4.69) is 23.5 Å². The minimum atomic E-state index is 0.458. The van der Waals surface area contributed by atoms with E-state index >= 15 is 0 Å². The molecule has 0 unspecified atom stereocenters. The normalized spacial score (nSPS) is 18.1. The monoisotopic (exact) mass is 287 g/mol. The highest BCUT2D eigenvalue weighted by Crippen LogP contribution is 2.30. The van der Waals surface area contributed by atoms with Gasteiger partial charge in [0.1, 0.15) is 12.4 Å². The van der Waals surface area contributed by atoms with Crippen LogP contribution in [0.3, 0.4) is 0 Å². The molecule has 1 aliphatic heterocycles. The Hall–Kier alpha value is -1.51. The predicted molar refractivity (Wildman–Crippen MR) is 83.4 cm³/mol. The lowest BCUT2D eigenvalue weighted by Crippen LogP contribution is -2.28. The molecule has 20 heavy (non-hydrogen) atoms. The topological polar surface area (TPSA) is 21.3 Å². The van der Waals surface area contributed by atoms with Gasteiger partial charge < -0.3 is 10.1 Å². The van der Waals surface area contributed by atoms with Crippen molar-refractivity contribution < 1.29 is 4.74 Å². The van der Waals surface area contributed by atoms with Crippen LogP contribution >= 0.6 is 11.6 Å². The van der Waals surface area contributed by atoms with Crippen LogP contribution in [0.1, 0.15) is 12.8 Å². The van der Waals surface area contributed by atoms with Gasteiger partial charge in [0, 0.05) is 6.04 Å². The summed E-state index contributed by atoms with van der Waals surface area (Å²) in [5.41, 5.74) is 2.28. The highest BCUT2D eigenvalue weighted by molar-refractivity contribution is 6.32. The van der Waals surface area contributed by atoms with E-state index in [1.165, 1.54) is 18.4 Å². The molecule has 1 atom stereocenters. The second-order valence-electron chi connectivity index (χ2n) is 5.12. The van der Waals surface area contributed by atoms with Crippen molar-refractivity contribution in [1.29, 1.82) is 0 Å². The number of hydrogen-bond acceptors (Lipinski definition) is 2. The Morgan fingerprint density at radius 3 is 2.65 bits per heavy atom. The highest BCUT2D eigenvalue weighted by atomic mass is 35.5. The predicted octanol–water partition coefficient (Wildman–Crippen LogP) is 4.14. The smallest absolute Gasteiger partial charge is 0.138 e. The second-order valence-corrected chi connectivity index (χ2v) is 5.52. The van der Waals surface area contributed by atoms with Gasteiger partial charge in [-0.25, -0.2) is 0 Å². The molecule has 0 amide bonds. The molecule has 104 valence electrons. The molecule has 1 saturated heterocycles. The van der Waals surface area contributed by atoms with Crippen molar-refractivity contribution in [2.45, 2.75) is 18.9 Å². The second kappa shape index (κ2) is 6.29. The third-order valence-corrected chi connectivity index (χ3v) is 3.94.